The molecule has 0 N–H and O–H groups in total. The molecule has 2 unspecified atom stereocenters. The van der Waals surface area contributed by atoms with Crippen LogP contribution in [0.25, 0.3) is 0 Å². The fourth-order valence-corrected chi connectivity index (χ4v) is 33.3. The van der Waals surface area contributed by atoms with Crippen molar-refractivity contribution < 1.29 is 9.47 Å². The molecule has 1 aliphatic heterocycles. The van der Waals surface area contributed by atoms with Crippen molar-refractivity contribution in [3.63, 3.8) is 0 Å². The molecule has 0 saturated carbocycles. The van der Waals surface area contributed by atoms with Gasteiger partial charge in [0.1, 0.15) is 0 Å². The molecule has 0 bridgehead atoms. The van der Waals surface area contributed by atoms with Crippen LogP contribution in [0.3, 0.4) is 0 Å². The third-order valence-corrected chi connectivity index (χ3v) is 32.0. The number of hydrogen-bond acceptors (Lipinski definition) is 2. The first-order valence-electron chi connectivity index (χ1n) is 13.3. The Morgan fingerprint density at radius 3 is 1.05 bits per heavy atom. The minimum atomic E-state index is 0.167. The van der Waals surface area contributed by atoms with Crippen molar-refractivity contribution in [1.82, 2.24) is 0 Å². The fourth-order valence-electron chi connectivity index (χ4n) is 4.72. The number of hydrogen-bond donors (Lipinski definition) is 0. The van der Waals surface area contributed by atoms with Crippen molar-refractivity contribution in [1.29, 1.82) is 0 Å². The zero-order valence-corrected chi connectivity index (χ0v) is 28.6. The summed E-state index contributed by atoms with van der Waals surface area (Å²) < 4.78 is 12.7. The van der Waals surface area contributed by atoms with Crippen LogP contribution in [0.1, 0.15) is 52.7 Å². The molecule has 1 aliphatic rings. The molecule has 202 valence electrons. The van der Waals surface area contributed by atoms with Gasteiger partial charge in [-0.1, -0.05) is 0 Å². The molecule has 2 nitrogen and oxygen atoms in total. The SMILES string of the molecule is CC(C)(C)C1(c2ccc(Oc3ccccc3)cc2)[Se][Se]C(c2ccc(Oc3ccccc3)cc2)(C(C)(C)C)[Se]1. The summed E-state index contributed by atoms with van der Waals surface area (Å²) in [5, 5.41) is 0. The average molecular weight is 714 g/mol. The van der Waals surface area contributed by atoms with Gasteiger partial charge < -0.3 is 0 Å². The van der Waals surface area contributed by atoms with Crippen LogP contribution in [0, 0.1) is 10.8 Å². The van der Waals surface area contributed by atoms with Gasteiger partial charge in [0.2, 0.25) is 0 Å². The Morgan fingerprint density at radius 1 is 0.436 bits per heavy atom. The van der Waals surface area contributed by atoms with Gasteiger partial charge in [-0.15, -0.1) is 0 Å². The summed E-state index contributed by atoms with van der Waals surface area (Å²) in [6.45, 7) is 14.7. The van der Waals surface area contributed by atoms with E-state index in [1.54, 1.807) is 0 Å². The molecule has 2 atom stereocenters. The Morgan fingerprint density at radius 2 is 0.744 bits per heavy atom. The van der Waals surface area contributed by atoms with Crippen molar-refractivity contribution >= 4 is 41.2 Å². The van der Waals surface area contributed by atoms with Crippen molar-refractivity contribution in [2.24, 2.45) is 10.8 Å². The van der Waals surface area contributed by atoms with Gasteiger partial charge in [0.15, 0.2) is 0 Å². The molecule has 39 heavy (non-hydrogen) atoms. The standard InChI is InChI=1S/C34H36O2Se3/c1-31(2,3)33(25-17-21-29(22-18-25)35-27-13-9-7-10-14-27)37-34(39-38-33,32(4,5)6)26-19-23-30(24-20-26)36-28-15-11-8-12-16-28/h7-24H,1-6H3. The van der Waals surface area contributed by atoms with Crippen LogP contribution in [0.2, 0.25) is 0 Å². The predicted octanol–water partition coefficient (Wildman–Crippen LogP) is 8.41. The zero-order valence-electron chi connectivity index (χ0n) is 23.4. The van der Waals surface area contributed by atoms with Crippen LogP contribution in [-0.4, -0.2) is 41.2 Å². The summed E-state index contributed by atoms with van der Waals surface area (Å²) >= 11 is 1.37. The van der Waals surface area contributed by atoms with Crippen LogP contribution in [0.15, 0.2) is 109 Å². The van der Waals surface area contributed by atoms with Gasteiger partial charge in [-0.2, -0.15) is 0 Å². The summed E-state index contributed by atoms with van der Waals surface area (Å²) in [7, 11) is 0. The van der Waals surface area contributed by atoms with Crippen molar-refractivity contribution in [3.8, 4) is 23.0 Å². The minimum absolute atomic E-state index is 0.167. The maximum absolute atomic E-state index is 6.14. The number of rotatable bonds is 6. The second-order valence-electron chi connectivity index (χ2n) is 11.9. The molecule has 1 heterocycles. The second-order valence-corrected chi connectivity index (χ2v) is 24.4. The Kier molecular flexibility index (Phi) is 8.15. The molecule has 5 rings (SSSR count). The van der Waals surface area contributed by atoms with Crippen molar-refractivity contribution in [3.05, 3.63) is 120 Å². The Balaban J connectivity index is 1.47. The van der Waals surface area contributed by atoms with Crippen LogP contribution in [-0.2, 0) is 6.42 Å². The van der Waals surface area contributed by atoms with E-state index in [9.17, 15) is 0 Å². The monoisotopic (exact) mass is 716 g/mol. The number of para-hydroxylation sites is 2. The fraction of sp³-hybridized carbons (Fsp3) is 0.294. The van der Waals surface area contributed by atoms with E-state index in [2.05, 4.69) is 90.1 Å². The zero-order chi connectivity index (χ0) is 27.7. The summed E-state index contributed by atoms with van der Waals surface area (Å²) in [6, 6.07) is 38.1. The van der Waals surface area contributed by atoms with E-state index in [1.165, 1.54) is 11.1 Å². The van der Waals surface area contributed by atoms with Crippen LogP contribution < -0.4 is 9.47 Å². The van der Waals surface area contributed by atoms with E-state index in [4.69, 9.17) is 9.47 Å². The van der Waals surface area contributed by atoms with Gasteiger partial charge >= 0.3 is 253 Å². The molecule has 0 aliphatic carbocycles. The molecule has 4 aromatic rings. The summed E-state index contributed by atoms with van der Waals surface area (Å²) in [6.07, 6.45) is 0. The van der Waals surface area contributed by atoms with E-state index >= 15 is 0 Å². The Hall–Kier alpha value is -1.96. The number of benzene rings is 4. The van der Waals surface area contributed by atoms with Gasteiger partial charge in [0.05, 0.1) is 0 Å². The molecule has 1 fully saturated rings. The predicted molar refractivity (Wildman–Crippen MR) is 165 cm³/mol. The second kappa shape index (κ2) is 11.1. The molecular formula is C34H36O2Se3. The molecule has 0 radical (unpaired) electrons. The molecule has 5 heteroatoms. The van der Waals surface area contributed by atoms with E-state index in [-0.39, 0.29) is 17.3 Å². The van der Waals surface area contributed by atoms with E-state index < -0.39 is 0 Å². The van der Waals surface area contributed by atoms with Crippen molar-refractivity contribution in [2.45, 2.75) is 48.0 Å². The molecule has 0 aromatic heterocycles. The van der Waals surface area contributed by atoms with Crippen LogP contribution in [0.4, 0.5) is 0 Å². The maximum atomic E-state index is 6.14. The molecule has 4 aromatic carbocycles. The molecule has 0 spiro atoms. The normalized spacial score (nSPS) is 21.5. The summed E-state index contributed by atoms with van der Waals surface area (Å²) in [4.78, 5) is 0. The van der Waals surface area contributed by atoms with Crippen LogP contribution >= 0.6 is 0 Å². The third-order valence-electron chi connectivity index (χ3n) is 6.97. The summed E-state index contributed by atoms with van der Waals surface area (Å²) in [5.74, 6) is 3.54. The first kappa shape index (κ1) is 28.6. The Labute approximate surface area is 251 Å². The average Bonchev–Trinajstić information content (AvgIpc) is 3.35. The molecule has 0 amide bonds. The van der Waals surface area contributed by atoms with E-state index in [0.717, 1.165) is 23.0 Å². The first-order chi connectivity index (χ1) is 18.5. The molecule has 1 saturated heterocycles. The first-order valence-corrected chi connectivity index (χ1v) is 21.0. The van der Waals surface area contributed by atoms with E-state index in [1.807, 2.05) is 60.7 Å². The van der Waals surface area contributed by atoms with Gasteiger partial charge in [0.25, 0.3) is 0 Å². The molecular weight excluding hydrogens is 677 g/mol. The quantitative estimate of drug-likeness (QED) is 0.187. The van der Waals surface area contributed by atoms with Gasteiger partial charge in [-0.3, -0.25) is 0 Å². The van der Waals surface area contributed by atoms with Gasteiger partial charge in [0, 0.05) is 0 Å². The Bertz CT molecular complexity index is 1270. The third kappa shape index (κ3) is 5.77. The van der Waals surface area contributed by atoms with Crippen molar-refractivity contribution in [2.75, 3.05) is 0 Å². The topological polar surface area (TPSA) is 18.5 Å². The van der Waals surface area contributed by atoms with Gasteiger partial charge in [-0.05, 0) is 0 Å². The van der Waals surface area contributed by atoms with E-state index in [0.29, 0.717) is 41.2 Å². The number of ether oxygens (including phenoxy) is 2. The van der Waals surface area contributed by atoms with Gasteiger partial charge in [-0.25, -0.2) is 0 Å². The summed E-state index contributed by atoms with van der Waals surface area (Å²) in [5.41, 5.74) is 3.29. The van der Waals surface area contributed by atoms with Crippen LogP contribution in [0.5, 0.6) is 23.0 Å².